The third kappa shape index (κ3) is 0.980. The summed E-state index contributed by atoms with van der Waals surface area (Å²) in [4.78, 5) is 0. The Kier molecular flexibility index (Phi) is 1.64. The van der Waals surface area contributed by atoms with Crippen LogP contribution in [0.5, 0.6) is 0 Å². The van der Waals surface area contributed by atoms with Gasteiger partial charge in [0.1, 0.15) is 12.2 Å². The molecule has 2 bridgehead atoms. The van der Waals surface area contributed by atoms with E-state index in [1.165, 1.54) is 0 Å². The molecule has 0 radical (unpaired) electrons. The molecule has 0 aromatic heterocycles. The number of fused-ring (bicyclic) bond motifs is 2. The van der Waals surface area contributed by atoms with Gasteiger partial charge in [0.15, 0.2) is 6.29 Å². The van der Waals surface area contributed by atoms with Gasteiger partial charge in [-0.3, -0.25) is 0 Å². The lowest BCUT2D eigenvalue weighted by Crippen LogP contribution is -2.49. The Morgan fingerprint density at radius 1 is 1.27 bits per heavy atom. The van der Waals surface area contributed by atoms with Gasteiger partial charge in [-0.05, 0) is 0 Å². The van der Waals surface area contributed by atoms with E-state index < -0.39 is 12.2 Å². The summed E-state index contributed by atoms with van der Waals surface area (Å²) >= 11 is 0. The quantitative estimate of drug-likeness (QED) is 0.482. The van der Waals surface area contributed by atoms with Crippen LogP contribution in [0.15, 0.2) is 0 Å². The van der Waals surface area contributed by atoms with Crippen LogP contribution in [-0.4, -0.2) is 41.4 Å². The van der Waals surface area contributed by atoms with Crippen molar-refractivity contribution in [2.75, 3.05) is 6.61 Å². The SMILES string of the molecule is CC1C(O)[C@H](O)C2CO[C@@H]1O2. The Morgan fingerprint density at radius 2 is 2.00 bits per heavy atom. The molecule has 2 N–H and O–H groups in total. The van der Waals surface area contributed by atoms with Gasteiger partial charge in [0.2, 0.25) is 0 Å². The van der Waals surface area contributed by atoms with Crippen molar-refractivity contribution in [1.82, 2.24) is 0 Å². The predicted octanol–water partition coefficient (Wildman–Crippen LogP) is -0.901. The molecule has 0 aliphatic carbocycles. The van der Waals surface area contributed by atoms with Crippen LogP contribution in [0.25, 0.3) is 0 Å². The Morgan fingerprint density at radius 3 is 2.73 bits per heavy atom. The van der Waals surface area contributed by atoms with Crippen LogP contribution < -0.4 is 0 Å². The molecule has 4 heteroatoms. The van der Waals surface area contributed by atoms with Crippen LogP contribution in [0.3, 0.4) is 0 Å². The van der Waals surface area contributed by atoms with E-state index in [9.17, 15) is 10.2 Å². The normalized spacial score (nSPS) is 56.5. The topological polar surface area (TPSA) is 58.9 Å². The van der Waals surface area contributed by atoms with Crippen molar-refractivity contribution in [1.29, 1.82) is 0 Å². The van der Waals surface area contributed by atoms with E-state index in [4.69, 9.17) is 9.47 Å². The van der Waals surface area contributed by atoms with Gasteiger partial charge in [-0.1, -0.05) is 6.92 Å². The molecule has 2 saturated heterocycles. The van der Waals surface area contributed by atoms with Crippen LogP contribution in [0.4, 0.5) is 0 Å². The van der Waals surface area contributed by atoms with E-state index in [0.29, 0.717) is 6.61 Å². The molecule has 3 unspecified atom stereocenters. The fraction of sp³-hybridized carbons (Fsp3) is 1.00. The second-order valence-electron chi connectivity index (χ2n) is 3.22. The maximum Gasteiger partial charge on any atom is 0.163 e. The number of rotatable bonds is 0. The molecular formula is C7H12O4. The summed E-state index contributed by atoms with van der Waals surface area (Å²) in [6, 6.07) is 0. The molecule has 2 heterocycles. The molecule has 64 valence electrons. The lowest BCUT2D eigenvalue weighted by Gasteiger charge is -2.33. The zero-order valence-corrected chi connectivity index (χ0v) is 6.30. The molecule has 0 aromatic carbocycles. The summed E-state index contributed by atoms with van der Waals surface area (Å²) in [5, 5.41) is 18.8. The Balaban J connectivity index is 2.16. The van der Waals surface area contributed by atoms with Gasteiger partial charge in [-0.15, -0.1) is 0 Å². The first-order valence-electron chi connectivity index (χ1n) is 3.83. The smallest absolute Gasteiger partial charge is 0.163 e. The van der Waals surface area contributed by atoms with Crippen molar-refractivity contribution in [2.45, 2.75) is 31.5 Å². The zero-order valence-electron chi connectivity index (χ0n) is 6.30. The average molecular weight is 160 g/mol. The molecule has 2 rings (SSSR count). The molecule has 0 aromatic rings. The van der Waals surface area contributed by atoms with Crippen LogP contribution >= 0.6 is 0 Å². The van der Waals surface area contributed by atoms with Gasteiger partial charge in [0.05, 0.1) is 12.7 Å². The van der Waals surface area contributed by atoms with E-state index in [-0.39, 0.29) is 18.3 Å². The summed E-state index contributed by atoms with van der Waals surface area (Å²) in [5.74, 6) is -0.135. The Bertz CT molecular complexity index is 141. The van der Waals surface area contributed by atoms with Gasteiger partial charge in [0, 0.05) is 5.92 Å². The second-order valence-corrected chi connectivity index (χ2v) is 3.22. The number of aliphatic hydroxyl groups excluding tert-OH is 2. The van der Waals surface area contributed by atoms with E-state index in [1.54, 1.807) is 6.92 Å². The lowest BCUT2D eigenvalue weighted by atomic mass is 9.94. The zero-order chi connectivity index (χ0) is 8.01. The first kappa shape index (κ1) is 7.49. The number of ether oxygens (including phenoxy) is 2. The third-order valence-electron chi connectivity index (χ3n) is 2.43. The highest BCUT2D eigenvalue weighted by Gasteiger charge is 2.47. The molecule has 0 saturated carbocycles. The summed E-state index contributed by atoms with van der Waals surface area (Å²) in [6.07, 6.45) is -2.14. The van der Waals surface area contributed by atoms with Gasteiger partial charge >= 0.3 is 0 Å². The maximum absolute atomic E-state index is 9.42. The molecule has 0 spiro atoms. The molecule has 2 aliphatic rings. The Labute approximate surface area is 64.7 Å². The highest BCUT2D eigenvalue weighted by molar-refractivity contribution is 4.90. The summed E-state index contributed by atoms with van der Waals surface area (Å²) < 4.78 is 10.4. The van der Waals surface area contributed by atoms with Gasteiger partial charge < -0.3 is 19.7 Å². The van der Waals surface area contributed by atoms with Crippen LogP contribution in [-0.2, 0) is 9.47 Å². The summed E-state index contributed by atoms with van der Waals surface area (Å²) in [7, 11) is 0. The van der Waals surface area contributed by atoms with Crippen molar-refractivity contribution in [2.24, 2.45) is 5.92 Å². The largest absolute Gasteiger partial charge is 0.390 e. The minimum absolute atomic E-state index is 0.135. The van der Waals surface area contributed by atoms with Crippen molar-refractivity contribution in [3.05, 3.63) is 0 Å². The monoisotopic (exact) mass is 160 g/mol. The Hall–Kier alpha value is -0.160. The lowest BCUT2D eigenvalue weighted by molar-refractivity contribution is -0.198. The van der Waals surface area contributed by atoms with Crippen molar-refractivity contribution >= 4 is 0 Å². The number of hydrogen-bond donors (Lipinski definition) is 2. The fourth-order valence-corrected chi connectivity index (χ4v) is 1.59. The van der Waals surface area contributed by atoms with Crippen LogP contribution in [0.1, 0.15) is 6.92 Å². The minimum atomic E-state index is -0.788. The molecule has 11 heavy (non-hydrogen) atoms. The van der Waals surface area contributed by atoms with Crippen LogP contribution in [0, 0.1) is 5.92 Å². The first-order chi connectivity index (χ1) is 5.20. The van der Waals surface area contributed by atoms with E-state index in [0.717, 1.165) is 0 Å². The minimum Gasteiger partial charge on any atom is -0.390 e. The standard InChI is InChI=1S/C7H12O4/c1-3-5(8)6(9)4-2-10-7(3)11-4/h3-9H,2H2,1H3/t3?,4?,5?,6-,7-/m1/s1. The molecule has 5 atom stereocenters. The maximum atomic E-state index is 9.42. The second kappa shape index (κ2) is 2.42. The molecule has 2 aliphatic heterocycles. The highest BCUT2D eigenvalue weighted by Crippen LogP contribution is 2.31. The van der Waals surface area contributed by atoms with E-state index >= 15 is 0 Å². The molecule has 0 amide bonds. The van der Waals surface area contributed by atoms with Crippen LogP contribution in [0.2, 0.25) is 0 Å². The van der Waals surface area contributed by atoms with Crippen molar-refractivity contribution < 1.29 is 19.7 Å². The highest BCUT2D eigenvalue weighted by atomic mass is 16.7. The van der Waals surface area contributed by atoms with Gasteiger partial charge in [0.25, 0.3) is 0 Å². The van der Waals surface area contributed by atoms with Gasteiger partial charge in [-0.25, -0.2) is 0 Å². The predicted molar refractivity (Wildman–Crippen MR) is 35.8 cm³/mol. The van der Waals surface area contributed by atoms with Crippen molar-refractivity contribution in [3.8, 4) is 0 Å². The van der Waals surface area contributed by atoms with Gasteiger partial charge in [-0.2, -0.15) is 0 Å². The summed E-state index contributed by atoms with van der Waals surface area (Å²) in [6.45, 7) is 2.20. The average Bonchev–Trinajstić information content (AvgIpc) is 2.44. The number of aliphatic hydroxyl groups is 2. The fourth-order valence-electron chi connectivity index (χ4n) is 1.59. The number of hydrogen-bond acceptors (Lipinski definition) is 4. The summed E-state index contributed by atoms with van der Waals surface area (Å²) in [5.41, 5.74) is 0. The first-order valence-corrected chi connectivity index (χ1v) is 3.83. The van der Waals surface area contributed by atoms with E-state index in [2.05, 4.69) is 0 Å². The molecular weight excluding hydrogens is 148 g/mol. The van der Waals surface area contributed by atoms with E-state index in [1.807, 2.05) is 0 Å². The molecule has 4 nitrogen and oxygen atoms in total. The molecule has 2 fully saturated rings. The third-order valence-corrected chi connectivity index (χ3v) is 2.43. The van der Waals surface area contributed by atoms with Crippen molar-refractivity contribution in [3.63, 3.8) is 0 Å².